The van der Waals surface area contributed by atoms with Gasteiger partial charge in [0.1, 0.15) is 0 Å². The van der Waals surface area contributed by atoms with Crippen LogP contribution >= 0.6 is 0 Å². The Morgan fingerprint density at radius 2 is 0.938 bits per heavy atom. The number of aromatic nitrogens is 1. The average molecular weight is 408 g/mol. The lowest BCUT2D eigenvalue weighted by Gasteiger charge is -2.16. The first-order chi connectivity index (χ1) is 15.9. The zero-order valence-electron chi connectivity index (χ0n) is 17.6. The number of pyridine rings is 1. The number of benzene rings is 5. The molecule has 0 amide bonds. The fraction of sp³-hybridized carbons (Fsp3) is 0. The van der Waals surface area contributed by atoms with Crippen molar-refractivity contribution in [2.75, 3.05) is 0 Å². The van der Waals surface area contributed by atoms with Crippen molar-refractivity contribution >= 4 is 21.7 Å². The van der Waals surface area contributed by atoms with Crippen molar-refractivity contribution in [1.29, 1.82) is 0 Å². The molecule has 0 atom stereocenters. The molecular weight excluding hydrogens is 386 g/mol. The highest BCUT2D eigenvalue weighted by atomic mass is 14.7. The summed E-state index contributed by atoms with van der Waals surface area (Å²) in [5.74, 6) is 0. The molecule has 0 saturated heterocycles. The molecule has 1 aromatic heterocycles. The molecule has 6 rings (SSSR count). The van der Waals surface area contributed by atoms with Gasteiger partial charge in [-0.15, -0.1) is 0 Å². The Morgan fingerprint density at radius 3 is 1.59 bits per heavy atom. The molecule has 0 radical (unpaired) electrons. The predicted molar refractivity (Wildman–Crippen MR) is 136 cm³/mol. The van der Waals surface area contributed by atoms with Crippen molar-refractivity contribution in [3.8, 4) is 33.5 Å². The van der Waals surface area contributed by atoms with E-state index in [2.05, 4.69) is 121 Å². The first kappa shape index (κ1) is 18.5. The first-order valence-electron chi connectivity index (χ1n) is 10.9. The predicted octanol–water partition coefficient (Wildman–Crippen LogP) is 8.39. The monoisotopic (exact) mass is 407 g/mol. The molecule has 0 N–H and O–H groups in total. The Labute approximate surface area is 187 Å². The van der Waals surface area contributed by atoms with Crippen LogP contribution in [-0.4, -0.2) is 4.98 Å². The molecule has 0 aliphatic rings. The minimum atomic E-state index is 1.02. The molecule has 1 heterocycles. The summed E-state index contributed by atoms with van der Waals surface area (Å²) in [6.45, 7) is 0. The highest BCUT2D eigenvalue weighted by Gasteiger charge is 2.15. The van der Waals surface area contributed by atoms with Gasteiger partial charge in [0.2, 0.25) is 0 Å². The molecule has 5 aromatic carbocycles. The summed E-state index contributed by atoms with van der Waals surface area (Å²) in [6, 6.07) is 44.8. The third-order valence-electron chi connectivity index (χ3n) is 6.04. The normalized spacial score (nSPS) is 11.1. The standard InChI is InChI=1S/C31H21N/c1-4-12-22(13-5-1)25-20-28(23-14-6-2-7-15-23)30-26-18-10-11-19-27(26)31(32-29(30)21-25)24-16-8-3-9-17-24/h1-21H. The number of rotatable bonds is 3. The molecular formula is C31H21N. The largest absolute Gasteiger partial charge is 0.247 e. The fourth-order valence-electron chi connectivity index (χ4n) is 4.55. The third kappa shape index (κ3) is 3.16. The van der Waals surface area contributed by atoms with Gasteiger partial charge in [-0.25, -0.2) is 4.98 Å². The zero-order chi connectivity index (χ0) is 21.3. The summed E-state index contributed by atoms with van der Waals surface area (Å²) >= 11 is 0. The molecule has 150 valence electrons. The van der Waals surface area contributed by atoms with Gasteiger partial charge in [0.25, 0.3) is 0 Å². The van der Waals surface area contributed by atoms with Gasteiger partial charge in [0.05, 0.1) is 11.2 Å². The van der Waals surface area contributed by atoms with Gasteiger partial charge in [0, 0.05) is 16.3 Å². The quantitative estimate of drug-likeness (QED) is 0.268. The fourth-order valence-corrected chi connectivity index (χ4v) is 4.55. The molecule has 0 fully saturated rings. The van der Waals surface area contributed by atoms with Gasteiger partial charge >= 0.3 is 0 Å². The van der Waals surface area contributed by atoms with Crippen LogP contribution in [0, 0.1) is 0 Å². The van der Waals surface area contributed by atoms with E-state index < -0.39 is 0 Å². The summed E-state index contributed by atoms with van der Waals surface area (Å²) in [6.07, 6.45) is 0. The summed E-state index contributed by atoms with van der Waals surface area (Å²) in [5, 5.41) is 3.61. The number of nitrogens with zero attached hydrogens (tertiary/aromatic N) is 1. The highest BCUT2D eigenvalue weighted by Crippen LogP contribution is 2.40. The molecule has 0 aliphatic carbocycles. The van der Waals surface area contributed by atoms with Gasteiger partial charge in [-0.05, 0) is 39.8 Å². The second-order valence-corrected chi connectivity index (χ2v) is 8.02. The van der Waals surface area contributed by atoms with Gasteiger partial charge in [-0.2, -0.15) is 0 Å². The van der Waals surface area contributed by atoms with E-state index in [9.17, 15) is 0 Å². The van der Waals surface area contributed by atoms with Crippen LogP contribution in [0.5, 0.6) is 0 Å². The molecule has 1 nitrogen and oxygen atoms in total. The Balaban J connectivity index is 1.77. The summed E-state index contributed by atoms with van der Waals surface area (Å²) in [5.41, 5.74) is 7.97. The van der Waals surface area contributed by atoms with Crippen LogP contribution in [0.4, 0.5) is 0 Å². The van der Waals surface area contributed by atoms with Crippen LogP contribution in [0.3, 0.4) is 0 Å². The van der Waals surface area contributed by atoms with Crippen molar-refractivity contribution in [2.24, 2.45) is 0 Å². The van der Waals surface area contributed by atoms with E-state index in [4.69, 9.17) is 4.98 Å². The van der Waals surface area contributed by atoms with E-state index in [1.54, 1.807) is 0 Å². The number of fused-ring (bicyclic) bond motifs is 3. The lowest BCUT2D eigenvalue weighted by molar-refractivity contribution is 1.42. The molecule has 6 aromatic rings. The lowest BCUT2D eigenvalue weighted by Crippen LogP contribution is -1.93. The van der Waals surface area contributed by atoms with Crippen molar-refractivity contribution in [3.63, 3.8) is 0 Å². The Kier molecular flexibility index (Phi) is 4.51. The van der Waals surface area contributed by atoms with Gasteiger partial charge in [-0.3, -0.25) is 0 Å². The molecule has 0 saturated carbocycles. The molecule has 32 heavy (non-hydrogen) atoms. The summed E-state index contributed by atoms with van der Waals surface area (Å²) in [7, 11) is 0. The number of hydrogen-bond acceptors (Lipinski definition) is 1. The number of hydrogen-bond donors (Lipinski definition) is 0. The van der Waals surface area contributed by atoms with Crippen LogP contribution in [0.1, 0.15) is 0 Å². The molecule has 0 unspecified atom stereocenters. The molecule has 1 heteroatoms. The van der Waals surface area contributed by atoms with Gasteiger partial charge in [0.15, 0.2) is 0 Å². The van der Waals surface area contributed by atoms with Gasteiger partial charge in [-0.1, -0.05) is 115 Å². The van der Waals surface area contributed by atoms with E-state index >= 15 is 0 Å². The summed E-state index contributed by atoms with van der Waals surface area (Å²) < 4.78 is 0. The Morgan fingerprint density at radius 1 is 0.406 bits per heavy atom. The first-order valence-corrected chi connectivity index (χ1v) is 10.9. The molecule has 0 aliphatic heterocycles. The van der Waals surface area contributed by atoms with E-state index in [0.29, 0.717) is 0 Å². The lowest BCUT2D eigenvalue weighted by atomic mass is 9.91. The van der Waals surface area contributed by atoms with Crippen LogP contribution in [0.2, 0.25) is 0 Å². The van der Waals surface area contributed by atoms with Crippen LogP contribution < -0.4 is 0 Å². The highest BCUT2D eigenvalue weighted by molar-refractivity contribution is 6.17. The van der Waals surface area contributed by atoms with Crippen molar-refractivity contribution in [2.45, 2.75) is 0 Å². The van der Waals surface area contributed by atoms with E-state index in [0.717, 1.165) is 16.8 Å². The maximum atomic E-state index is 5.25. The van der Waals surface area contributed by atoms with Crippen LogP contribution in [-0.2, 0) is 0 Å². The van der Waals surface area contributed by atoms with Crippen LogP contribution in [0.25, 0.3) is 55.2 Å². The van der Waals surface area contributed by atoms with Crippen molar-refractivity contribution in [3.05, 3.63) is 127 Å². The smallest absolute Gasteiger partial charge is 0.0788 e. The van der Waals surface area contributed by atoms with E-state index in [1.807, 2.05) is 6.07 Å². The second kappa shape index (κ2) is 7.79. The van der Waals surface area contributed by atoms with Crippen LogP contribution in [0.15, 0.2) is 127 Å². The van der Waals surface area contributed by atoms with Crippen molar-refractivity contribution in [1.82, 2.24) is 4.98 Å². The Bertz CT molecular complexity index is 1540. The van der Waals surface area contributed by atoms with E-state index in [1.165, 1.54) is 38.4 Å². The van der Waals surface area contributed by atoms with Crippen molar-refractivity contribution < 1.29 is 0 Å². The second-order valence-electron chi connectivity index (χ2n) is 8.02. The average Bonchev–Trinajstić information content (AvgIpc) is 2.89. The van der Waals surface area contributed by atoms with E-state index in [-0.39, 0.29) is 0 Å². The Hall–Kier alpha value is -4.23. The minimum Gasteiger partial charge on any atom is -0.247 e. The maximum absolute atomic E-state index is 5.25. The third-order valence-corrected chi connectivity index (χ3v) is 6.04. The zero-order valence-corrected chi connectivity index (χ0v) is 17.6. The summed E-state index contributed by atoms with van der Waals surface area (Å²) in [4.78, 5) is 5.25. The minimum absolute atomic E-state index is 1.02. The molecule has 0 bridgehead atoms. The maximum Gasteiger partial charge on any atom is 0.0788 e. The van der Waals surface area contributed by atoms with Gasteiger partial charge < -0.3 is 0 Å². The SMILES string of the molecule is c1ccc(-c2cc(-c3ccccc3)c3c(c2)nc(-c2ccccc2)c2ccccc23)cc1. The molecule has 0 spiro atoms. The topological polar surface area (TPSA) is 12.9 Å².